The van der Waals surface area contributed by atoms with E-state index in [4.69, 9.17) is 0 Å². The summed E-state index contributed by atoms with van der Waals surface area (Å²) in [6.07, 6.45) is 1.65. The molecule has 0 saturated heterocycles. The lowest BCUT2D eigenvalue weighted by molar-refractivity contribution is -0.114. The SMILES string of the molecule is CC(=O)Nc1ccc(-c2cn[nH]n2)cc1. The Kier molecular flexibility index (Phi) is 2.45. The van der Waals surface area contributed by atoms with Crippen LogP contribution in [0.3, 0.4) is 0 Å². The highest BCUT2D eigenvalue weighted by atomic mass is 16.1. The Labute approximate surface area is 86.5 Å². The average molecular weight is 202 g/mol. The van der Waals surface area contributed by atoms with Crippen molar-refractivity contribution >= 4 is 11.6 Å². The normalized spacial score (nSPS) is 9.93. The van der Waals surface area contributed by atoms with E-state index in [2.05, 4.69) is 20.7 Å². The van der Waals surface area contributed by atoms with E-state index in [1.165, 1.54) is 6.92 Å². The maximum absolute atomic E-state index is 10.8. The van der Waals surface area contributed by atoms with Gasteiger partial charge in [0.25, 0.3) is 0 Å². The summed E-state index contributed by atoms with van der Waals surface area (Å²) >= 11 is 0. The third-order valence-corrected chi connectivity index (χ3v) is 1.92. The molecule has 1 amide bonds. The molecule has 2 N–H and O–H groups in total. The van der Waals surface area contributed by atoms with Gasteiger partial charge in [0.2, 0.25) is 5.91 Å². The molecule has 0 atom stereocenters. The van der Waals surface area contributed by atoms with Gasteiger partial charge in [0, 0.05) is 18.2 Å². The molecular formula is C10H10N4O. The number of hydrogen-bond acceptors (Lipinski definition) is 3. The van der Waals surface area contributed by atoms with E-state index in [-0.39, 0.29) is 5.91 Å². The Morgan fingerprint density at radius 2 is 2.07 bits per heavy atom. The Hall–Kier alpha value is -2.17. The first-order valence-corrected chi connectivity index (χ1v) is 4.49. The molecule has 0 aliphatic heterocycles. The first-order chi connectivity index (χ1) is 7.25. The lowest BCUT2D eigenvalue weighted by Gasteiger charge is -2.01. The van der Waals surface area contributed by atoms with Gasteiger partial charge in [-0.3, -0.25) is 4.79 Å². The molecule has 0 radical (unpaired) electrons. The van der Waals surface area contributed by atoms with Crippen molar-refractivity contribution in [1.82, 2.24) is 15.4 Å². The number of H-pyrrole nitrogens is 1. The molecule has 76 valence electrons. The molecule has 0 fully saturated rings. The van der Waals surface area contributed by atoms with Gasteiger partial charge in [-0.2, -0.15) is 15.4 Å². The molecule has 5 heteroatoms. The number of carbonyl (C=O) groups excluding carboxylic acids is 1. The largest absolute Gasteiger partial charge is 0.326 e. The molecular weight excluding hydrogens is 192 g/mol. The predicted octanol–water partition coefficient (Wildman–Crippen LogP) is 1.43. The number of amides is 1. The fourth-order valence-corrected chi connectivity index (χ4v) is 1.27. The molecule has 0 spiro atoms. The van der Waals surface area contributed by atoms with Crippen LogP contribution in [0, 0.1) is 0 Å². The van der Waals surface area contributed by atoms with Crippen molar-refractivity contribution in [2.45, 2.75) is 6.92 Å². The first-order valence-electron chi connectivity index (χ1n) is 4.49. The Balaban J connectivity index is 2.21. The van der Waals surface area contributed by atoms with Gasteiger partial charge in [-0.1, -0.05) is 12.1 Å². The molecule has 5 nitrogen and oxygen atoms in total. The third kappa shape index (κ3) is 2.19. The van der Waals surface area contributed by atoms with Crippen molar-refractivity contribution in [2.24, 2.45) is 0 Å². The monoisotopic (exact) mass is 202 g/mol. The van der Waals surface area contributed by atoms with Crippen molar-refractivity contribution in [1.29, 1.82) is 0 Å². The molecule has 1 aromatic heterocycles. The number of aromatic nitrogens is 3. The van der Waals surface area contributed by atoms with E-state index in [0.717, 1.165) is 16.9 Å². The number of anilines is 1. The van der Waals surface area contributed by atoms with Gasteiger partial charge >= 0.3 is 0 Å². The Bertz CT molecular complexity index is 447. The Morgan fingerprint density at radius 3 is 2.60 bits per heavy atom. The van der Waals surface area contributed by atoms with Crippen LogP contribution in [-0.4, -0.2) is 21.3 Å². The minimum absolute atomic E-state index is 0.0795. The summed E-state index contributed by atoms with van der Waals surface area (Å²) in [5.74, 6) is -0.0795. The zero-order chi connectivity index (χ0) is 10.7. The number of nitrogens with zero attached hydrogens (tertiary/aromatic N) is 2. The van der Waals surface area contributed by atoms with Crippen molar-refractivity contribution in [2.75, 3.05) is 5.32 Å². The molecule has 15 heavy (non-hydrogen) atoms. The molecule has 2 aromatic rings. The first kappa shape index (κ1) is 9.39. The van der Waals surface area contributed by atoms with Crippen LogP contribution in [0.15, 0.2) is 30.5 Å². The summed E-state index contributed by atoms with van der Waals surface area (Å²) in [5.41, 5.74) is 2.51. The van der Waals surface area contributed by atoms with Crippen LogP contribution in [0.5, 0.6) is 0 Å². The number of hydrogen-bond donors (Lipinski definition) is 2. The minimum Gasteiger partial charge on any atom is -0.326 e. The van der Waals surface area contributed by atoms with Crippen LogP contribution < -0.4 is 5.32 Å². The van der Waals surface area contributed by atoms with Crippen LogP contribution in [0.1, 0.15) is 6.92 Å². The fourth-order valence-electron chi connectivity index (χ4n) is 1.27. The quantitative estimate of drug-likeness (QED) is 0.773. The van der Waals surface area contributed by atoms with Crippen LogP contribution in [0.4, 0.5) is 5.69 Å². The topological polar surface area (TPSA) is 70.7 Å². The lowest BCUT2D eigenvalue weighted by atomic mass is 10.1. The summed E-state index contributed by atoms with van der Waals surface area (Å²) in [6, 6.07) is 7.41. The van der Waals surface area contributed by atoms with E-state index >= 15 is 0 Å². The summed E-state index contributed by atoms with van der Waals surface area (Å²) < 4.78 is 0. The zero-order valence-corrected chi connectivity index (χ0v) is 8.19. The van der Waals surface area contributed by atoms with Gasteiger partial charge in [-0.05, 0) is 12.1 Å². The standard InChI is InChI=1S/C10H10N4O/c1-7(15)12-9-4-2-8(3-5-9)10-6-11-14-13-10/h2-6H,1H3,(H,12,15)(H,11,13,14). The minimum atomic E-state index is -0.0795. The highest BCUT2D eigenvalue weighted by Gasteiger charge is 2.00. The highest BCUT2D eigenvalue weighted by molar-refractivity contribution is 5.88. The van der Waals surface area contributed by atoms with Crippen molar-refractivity contribution < 1.29 is 4.79 Å². The predicted molar refractivity (Wildman–Crippen MR) is 56.1 cm³/mol. The third-order valence-electron chi connectivity index (χ3n) is 1.92. The second kappa shape index (κ2) is 3.91. The maximum Gasteiger partial charge on any atom is 0.221 e. The summed E-state index contributed by atoms with van der Waals surface area (Å²) in [6.45, 7) is 1.48. The van der Waals surface area contributed by atoms with Gasteiger partial charge in [-0.15, -0.1) is 0 Å². The van der Waals surface area contributed by atoms with E-state index in [1.807, 2.05) is 24.3 Å². The second-order valence-corrected chi connectivity index (χ2v) is 3.11. The van der Waals surface area contributed by atoms with Crippen LogP contribution in [-0.2, 0) is 4.79 Å². The van der Waals surface area contributed by atoms with Crippen molar-refractivity contribution in [3.8, 4) is 11.3 Å². The van der Waals surface area contributed by atoms with Gasteiger partial charge in [0.1, 0.15) is 5.69 Å². The molecule has 0 saturated carbocycles. The van der Waals surface area contributed by atoms with Gasteiger partial charge in [0.05, 0.1) is 6.20 Å². The van der Waals surface area contributed by atoms with Gasteiger partial charge in [0.15, 0.2) is 0 Å². The highest BCUT2D eigenvalue weighted by Crippen LogP contribution is 2.17. The van der Waals surface area contributed by atoms with Crippen LogP contribution in [0.2, 0.25) is 0 Å². The molecule has 2 rings (SSSR count). The van der Waals surface area contributed by atoms with E-state index in [0.29, 0.717) is 0 Å². The summed E-state index contributed by atoms with van der Waals surface area (Å²) in [4.78, 5) is 10.8. The molecule has 1 heterocycles. The molecule has 0 aliphatic carbocycles. The van der Waals surface area contributed by atoms with Crippen LogP contribution in [0.25, 0.3) is 11.3 Å². The number of nitrogens with one attached hydrogen (secondary N) is 2. The van der Waals surface area contributed by atoms with Gasteiger partial charge in [-0.25, -0.2) is 0 Å². The van der Waals surface area contributed by atoms with Crippen molar-refractivity contribution in [3.63, 3.8) is 0 Å². The Morgan fingerprint density at radius 1 is 1.33 bits per heavy atom. The van der Waals surface area contributed by atoms with Gasteiger partial charge < -0.3 is 5.32 Å². The molecule has 0 bridgehead atoms. The second-order valence-electron chi connectivity index (χ2n) is 3.11. The fraction of sp³-hybridized carbons (Fsp3) is 0.100. The zero-order valence-electron chi connectivity index (χ0n) is 8.19. The average Bonchev–Trinajstić information content (AvgIpc) is 2.71. The smallest absolute Gasteiger partial charge is 0.221 e. The molecule has 0 unspecified atom stereocenters. The van der Waals surface area contributed by atoms with Crippen molar-refractivity contribution in [3.05, 3.63) is 30.5 Å². The summed E-state index contributed by atoms with van der Waals surface area (Å²) in [7, 11) is 0. The molecule has 0 aliphatic rings. The summed E-state index contributed by atoms with van der Waals surface area (Å²) in [5, 5.41) is 12.9. The number of rotatable bonds is 2. The van der Waals surface area contributed by atoms with E-state index in [1.54, 1.807) is 6.20 Å². The maximum atomic E-state index is 10.8. The van der Waals surface area contributed by atoms with E-state index in [9.17, 15) is 4.79 Å². The van der Waals surface area contributed by atoms with E-state index < -0.39 is 0 Å². The number of aromatic amines is 1. The molecule has 1 aromatic carbocycles. The lowest BCUT2D eigenvalue weighted by Crippen LogP contribution is -2.05. The van der Waals surface area contributed by atoms with Crippen LogP contribution >= 0.6 is 0 Å². The number of carbonyl (C=O) groups is 1. The number of benzene rings is 1.